The van der Waals surface area contributed by atoms with E-state index in [1.165, 1.54) is 18.2 Å². The molecule has 1 aliphatic rings. The molecule has 1 saturated heterocycles. The Kier molecular flexibility index (Phi) is 5.80. The number of epoxide rings is 1. The molecule has 1 aliphatic heterocycles. The van der Waals surface area contributed by atoms with Crippen molar-refractivity contribution in [3.63, 3.8) is 0 Å². The number of hydrogen-bond acceptors (Lipinski definition) is 4. The summed E-state index contributed by atoms with van der Waals surface area (Å²) in [6.45, 7) is -0.382. The lowest BCUT2D eigenvalue weighted by molar-refractivity contribution is -0.151. The first-order valence-electron chi connectivity index (χ1n) is 7.35. The number of alkyl halides is 3. The summed E-state index contributed by atoms with van der Waals surface area (Å²) < 4.78 is 56.0. The SMILES string of the molecule is O=C(NCc1ccccc1F)[C@H](CC(F)(F)F)NC(=O)[C@H]1O[C@@H]1C(=O)O. The molecule has 0 saturated carbocycles. The van der Waals surface area contributed by atoms with Crippen molar-refractivity contribution < 1.29 is 41.8 Å². The summed E-state index contributed by atoms with van der Waals surface area (Å²) in [6, 6.07) is 3.33. The minimum atomic E-state index is -4.77. The lowest BCUT2D eigenvalue weighted by Gasteiger charge is -2.19. The number of aliphatic carboxylic acids is 1. The molecule has 1 fully saturated rings. The Morgan fingerprint density at radius 3 is 2.38 bits per heavy atom. The van der Waals surface area contributed by atoms with E-state index in [-0.39, 0.29) is 12.1 Å². The largest absolute Gasteiger partial charge is 0.479 e. The third kappa shape index (κ3) is 5.41. The molecule has 2 rings (SSSR count). The maximum absolute atomic E-state index is 13.5. The number of benzene rings is 1. The van der Waals surface area contributed by atoms with Crippen LogP contribution in [0, 0.1) is 5.82 Å². The fraction of sp³-hybridized carbons (Fsp3) is 0.400. The number of amides is 2. The number of carboxylic acids is 1. The van der Waals surface area contributed by atoms with E-state index < -0.39 is 54.4 Å². The van der Waals surface area contributed by atoms with E-state index >= 15 is 0 Å². The van der Waals surface area contributed by atoms with Crippen LogP contribution in [0.25, 0.3) is 0 Å². The zero-order valence-corrected chi connectivity index (χ0v) is 13.0. The third-order valence-corrected chi connectivity index (χ3v) is 3.47. The maximum Gasteiger partial charge on any atom is 0.391 e. The second kappa shape index (κ2) is 7.68. The number of rotatable bonds is 7. The molecule has 142 valence electrons. The van der Waals surface area contributed by atoms with E-state index in [4.69, 9.17) is 5.11 Å². The van der Waals surface area contributed by atoms with Crippen LogP contribution in [0.3, 0.4) is 0 Å². The Balaban J connectivity index is 1.99. The van der Waals surface area contributed by atoms with Gasteiger partial charge < -0.3 is 20.5 Å². The van der Waals surface area contributed by atoms with Gasteiger partial charge in [-0.25, -0.2) is 9.18 Å². The maximum atomic E-state index is 13.5. The number of carbonyl (C=O) groups excluding carboxylic acids is 2. The van der Waals surface area contributed by atoms with Gasteiger partial charge in [0.05, 0.1) is 6.42 Å². The summed E-state index contributed by atoms with van der Waals surface area (Å²) in [5.41, 5.74) is 0.0504. The van der Waals surface area contributed by atoms with E-state index in [9.17, 15) is 31.9 Å². The summed E-state index contributed by atoms with van der Waals surface area (Å²) in [6.07, 6.45) is -9.36. The molecule has 11 heteroatoms. The second-order valence-corrected chi connectivity index (χ2v) is 5.51. The highest BCUT2D eigenvalue weighted by molar-refractivity contribution is 5.95. The van der Waals surface area contributed by atoms with Crippen molar-refractivity contribution in [2.24, 2.45) is 0 Å². The van der Waals surface area contributed by atoms with Crippen molar-refractivity contribution in [1.29, 1.82) is 0 Å². The van der Waals surface area contributed by atoms with Gasteiger partial charge in [-0.3, -0.25) is 9.59 Å². The van der Waals surface area contributed by atoms with Gasteiger partial charge in [0, 0.05) is 12.1 Å². The molecule has 0 aliphatic carbocycles. The number of carbonyl (C=O) groups is 3. The fourth-order valence-corrected chi connectivity index (χ4v) is 2.14. The first kappa shape index (κ1) is 19.6. The van der Waals surface area contributed by atoms with Crippen LogP contribution in [0.1, 0.15) is 12.0 Å². The molecule has 0 aromatic heterocycles. The first-order valence-corrected chi connectivity index (χ1v) is 7.35. The van der Waals surface area contributed by atoms with Gasteiger partial charge in [-0.2, -0.15) is 13.2 Å². The number of carboxylic acid groups (broad SMARTS) is 1. The predicted octanol–water partition coefficient (Wildman–Crippen LogP) is 0.731. The molecule has 1 heterocycles. The highest BCUT2D eigenvalue weighted by Gasteiger charge is 2.51. The fourth-order valence-electron chi connectivity index (χ4n) is 2.14. The van der Waals surface area contributed by atoms with Crippen LogP contribution in [-0.2, 0) is 25.7 Å². The van der Waals surface area contributed by atoms with Crippen LogP contribution < -0.4 is 10.6 Å². The number of halogens is 4. The van der Waals surface area contributed by atoms with Gasteiger partial charge in [0.25, 0.3) is 5.91 Å². The van der Waals surface area contributed by atoms with E-state index in [0.29, 0.717) is 0 Å². The Morgan fingerprint density at radius 2 is 1.85 bits per heavy atom. The second-order valence-electron chi connectivity index (χ2n) is 5.51. The summed E-state index contributed by atoms with van der Waals surface area (Å²) >= 11 is 0. The molecule has 7 nitrogen and oxygen atoms in total. The van der Waals surface area contributed by atoms with Gasteiger partial charge in [-0.1, -0.05) is 18.2 Å². The monoisotopic (exact) mass is 378 g/mol. The highest BCUT2D eigenvalue weighted by atomic mass is 19.4. The molecule has 3 atom stereocenters. The lowest BCUT2D eigenvalue weighted by Crippen LogP contribution is -2.50. The Morgan fingerprint density at radius 1 is 1.19 bits per heavy atom. The van der Waals surface area contributed by atoms with Gasteiger partial charge in [-0.05, 0) is 6.07 Å². The smallest absolute Gasteiger partial charge is 0.391 e. The van der Waals surface area contributed by atoms with Crippen LogP contribution in [0.5, 0.6) is 0 Å². The van der Waals surface area contributed by atoms with Crippen LogP contribution in [0.2, 0.25) is 0 Å². The molecular weight excluding hydrogens is 364 g/mol. The quantitative estimate of drug-likeness (QED) is 0.479. The van der Waals surface area contributed by atoms with Crippen molar-refractivity contribution in [2.45, 2.75) is 37.4 Å². The standard InChI is InChI=1S/C15H14F4N2O5/c16-8-4-2-1-3-7(8)6-20-12(22)9(5-15(17,18)19)21-13(23)10-11(26-10)14(24)25/h1-4,9-11H,5-6H2,(H,20,22)(H,21,23)(H,24,25)/t9-,10-,11-/m0/s1. The Labute approximate surface area is 144 Å². The molecule has 0 spiro atoms. The Hall–Kier alpha value is -2.69. The molecule has 2 amide bonds. The van der Waals surface area contributed by atoms with Crippen LogP contribution in [0.4, 0.5) is 17.6 Å². The lowest BCUT2D eigenvalue weighted by atomic mass is 10.1. The average Bonchev–Trinajstić information content (AvgIpc) is 3.32. The molecule has 26 heavy (non-hydrogen) atoms. The third-order valence-electron chi connectivity index (χ3n) is 3.47. The number of hydrogen-bond donors (Lipinski definition) is 3. The summed E-state index contributed by atoms with van der Waals surface area (Å²) in [5.74, 6) is -4.43. The highest BCUT2D eigenvalue weighted by Crippen LogP contribution is 2.25. The van der Waals surface area contributed by atoms with E-state index in [2.05, 4.69) is 10.1 Å². The summed E-state index contributed by atoms with van der Waals surface area (Å²) in [7, 11) is 0. The normalized spacial score (nSPS) is 20.2. The molecule has 0 bridgehead atoms. The van der Waals surface area contributed by atoms with E-state index in [1.807, 2.05) is 5.32 Å². The van der Waals surface area contributed by atoms with Gasteiger partial charge in [-0.15, -0.1) is 0 Å². The van der Waals surface area contributed by atoms with Gasteiger partial charge in [0.2, 0.25) is 5.91 Å². The summed E-state index contributed by atoms with van der Waals surface area (Å²) in [4.78, 5) is 34.4. The zero-order chi connectivity index (χ0) is 19.5. The minimum absolute atomic E-state index is 0.0504. The van der Waals surface area contributed by atoms with Gasteiger partial charge in [0.15, 0.2) is 12.2 Å². The minimum Gasteiger partial charge on any atom is -0.479 e. The molecule has 0 radical (unpaired) electrons. The van der Waals surface area contributed by atoms with Crippen molar-refractivity contribution in [3.8, 4) is 0 Å². The summed E-state index contributed by atoms with van der Waals surface area (Å²) in [5, 5.41) is 12.6. The van der Waals surface area contributed by atoms with Crippen molar-refractivity contribution in [2.75, 3.05) is 0 Å². The predicted molar refractivity (Wildman–Crippen MR) is 77.1 cm³/mol. The molecule has 1 aromatic rings. The number of ether oxygens (including phenoxy) is 1. The van der Waals surface area contributed by atoms with Crippen LogP contribution >= 0.6 is 0 Å². The van der Waals surface area contributed by atoms with E-state index in [1.54, 1.807) is 0 Å². The average molecular weight is 378 g/mol. The van der Waals surface area contributed by atoms with Crippen molar-refractivity contribution >= 4 is 17.8 Å². The molecule has 0 unspecified atom stereocenters. The first-order chi connectivity index (χ1) is 12.1. The Bertz CT molecular complexity index is 710. The van der Waals surface area contributed by atoms with E-state index in [0.717, 1.165) is 6.07 Å². The van der Waals surface area contributed by atoms with Crippen molar-refractivity contribution in [3.05, 3.63) is 35.6 Å². The topological polar surface area (TPSA) is 108 Å². The van der Waals surface area contributed by atoms with Crippen LogP contribution in [-0.4, -0.2) is 47.3 Å². The molecular formula is C15H14F4N2O5. The van der Waals surface area contributed by atoms with Crippen molar-refractivity contribution in [1.82, 2.24) is 10.6 Å². The van der Waals surface area contributed by atoms with Gasteiger partial charge in [0.1, 0.15) is 11.9 Å². The van der Waals surface area contributed by atoms with Gasteiger partial charge >= 0.3 is 12.1 Å². The molecule has 1 aromatic carbocycles. The van der Waals surface area contributed by atoms with Crippen LogP contribution in [0.15, 0.2) is 24.3 Å². The zero-order valence-electron chi connectivity index (χ0n) is 13.0. The number of nitrogens with one attached hydrogen (secondary N) is 2. The molecule has 3 N–H and O–H groups in total.